The Balaban J connectivity index is 2.05. The summed E-state index contributed by atoms with van der Waals surface area (Å²) in [6, 6.07) is 5.38. The normalized spacial score (nSPS) is 21.3. The molecule has 1 aliphatic heterocycles. The van der Waals surface area contributed by atoms with Gasteiger partial charge in [0.15, 0.2) is 0 Å². The van der Waals surface area contributed by atoms with Crippen molar-refractivity contribution in [3.63, 3.8) is 0 Å². The number of benzene rings is 1. The maximum Gasteiger partial charge on any atom is 0.313 e. The fourth-order valence-electron chi connectivity index (χ4n) is 2.34. The first-order valence-corrected chi connectivity index (χ1v) is 8.55. The molecule has 2 rings (SSSR count). The van der Waals surface area contributed by atoms with Gasteiger partial charge >= 0.3 is 11.8 Å². The first kappa shape index (κ1) is 17.1. The van der Waals surface area contributed by atoms with Crippen molar-refractivity contribution in [2.75, 3.05) is 29.9 Å². The lowest BCUT2D eigenvalue weighted by Gasteiger charge is -2.21. The molecule has 0 unspecified atom stereocenters. The van der Waals surface area contributed by atoms with Crippen LogP contribution in [0.2, 0.25) is 0 Å². The molecule has 1 heterocycles. The van der Waals surface area contributed by atoms with Gasteiger partial charge in [-0.2, -0.15) is 0 Å². The Bertz CT molecular complexity index is 664. The van der Waals surface area contributed by atoms with E-state index in [1.54, 1.807) is 0 Å². The van der Waals surface area contributed by atoms with E-state index in [2.05, 4.69) is 5.32 Å². The Morgan fingerprint density at radius 1 is 1.43 bits per heavy atom. The van der Waals surface area contributed by atoms with Crippen LogP contribution in [-0.2, 0) is 20.4 Å². The zero-order valence-electron chi connectivity index (χ0n) is 12.6. The summed E-state index contributed by atoms with van der Waals surface area (Å²) in [5, 5.41) is 13.1. The summed E-state index contributed by atoms with van der Waals surface area (Å²) in [7, 11) is -0.985. The minimum absolute atomic E-state index is 0.0490. The van der Waals surface area contributed by atoms with Crippen LogP contribution in [0.25, 0.3) is 0 Å². The molecule has 0 aromatic heterocycles. The van der Waals surface area contributed by atoms with Crippen LogP contribution < -0.4 is 5.32 Å². The molecule has 23 heavy (non-hydrogen) atoms. The molecule has 2 amide bonds. The van der Waals surface area contributed by atoms with Crippen molar-refractivity contribution in [3.8, 4) is 0 Å². The molecule has 8 nitrogen and oxygen atoms in total. The highest BCUT2D eigenvalue weighted by Crippen LogP contribution is 2.17. The van der Waals surface area contributed by atoms with Gasteiger partial charge in [0.05, 0.1) is 4.92 Å². The number of carbonyl (C=O) groups excluding carboxylic acids is 2. The van der Waals surface area contributed by atoms with Crippen molar-refractivity contribution in [1.29, 1.82) is 0 Å². The quantitative estimate of drug-likeness (QED) is 0.486. The number of amides is 2. The van der Waals surface area contributed by atoms with Crippen molar-refractivity contribution in [3.05, 3.63) is 34.4 Å². The Kier molecular flexibility index (Phi) is 5.43. The van der Waals surface area contributed by atoms with Gasteiger partial charge in [-0.15, -0.1) is 0 Å². The number of rotatable bonds is 2. The van der Waals surface area contributed by atoms with Crippen LogP contribution in [-0.4, -0.2) is 50.4 Å². The molecule has 1 aromatic carbocycles. The maximum atomic E-state index is 12.2. The summed E-state index contributed by atoms with van der Waals surface area (Å²) in [6.45, 7) is 2.51. The molecule has 1 saturated heterocycles. The summed E-state index contributed by atoms with van der Waals surface area (Å²) in [4.78, 5) is 35.8. The van der Waals surface area contributed by atoms with E-state index in [9.17, 15) is 23.9 Å². The van der Waals surface area contributed by atoms with Crippen LogP contribution in [0, 0.1) is 16.0 Å². The van der Waals surface area contributed by atoms with Crippen LogP contribution in [0.5, 0.6) is 0 Å². The number of carbonyl (C=O) groups is 2. The lowest BCUT2D eigenvalue weighted by molar-refractivity contribution is -0.384. The van der Waals surface area contributed by atoms with Gasteiger partial charge in [0.2, 0.25) is 0 Å². The van der Waals surface area contributed by atoms with Gasteiger partial charge in [-0.05, 0) is 12.0 Å². The SMILES string of the molecule is C[C@@H]1CN(C(=O)C(=O)Nc2cccc([N+](=O)[O-])c2)CC[S@@](=O)C1. The fourth-order valence-corrected chi connectivity index (χ4v) is 3.67. The van der Waals surface area contributed by atoms with Crippen molar-refractivity contribution < 1.29 is 18.7 Å². The Morgan fingerprint density at radius 2 is 2.17 bits per heavy atom. The summed E-state index contributed by atoms with van der Waals surface area (Å²) in [6.07, 6.45) is 0. The summed E-state index contributed by atoms with van der Waals surface area (Å²) in [5.41, 5.74) is 0.0121. The largest absolute Gasteiger partial charge is 0.333 e. The van der Waals surface area contributed by atoms with Gasteiger partial charge in [0.1, 0.15) is 0 Å². The van der Waals surface area contributed by atoms with Crippen LogP contribution >= 0.6 is 0 Å². The molecule has 1 N–H and O–H groups in total. The van der Waals surface area contributed by atoms with Crippen molar-refractivity contribution >= 4 is 34.0 Å². The van der Waals surface area contributed by atoms with Gasteiger partial charge in [0.25, 0.3) is 5.69 Å². The number of anilines is 1. The lowest BCUT2D eigenvalue weighted by Crippen LogP contribution is -2.42. The molecule has 124 valence electrons. The number of non-ortho nitro benzene ring substituents is 1. The smallest absolute Gasteiger partial charge is 0.313 e. The summed E-state index contributed by atoms with van der Waals surface area (Å²) >= 11 is 0. The van der Waals surface area contributed by atoms with Gasteiger partial charge in [-0.25, -0.2) is 0 Å². The van der Waals surface area contributed by atoms with E-state index in [1.165, 1.54) is 29.2 Å². The van der Waals surface area contributed by atoms with Crippen LogP contribution in [0.15, 0.2) is 24.3 Å². The van der Waals surface area contributed by atoms with E-state index >= 15 is 0 Å². The van der Waals surface area contributed by atoms with Crippen molar-refractivity contribution in [2.24, 2.45) is 5.92 Å². The van der Waals surface area contributed by atoms with E-state index in [-0.39, 0.29) is 23.8 Å². The molecule has 0 radical (unpaired) electrons. The molecule has 1 fully saturated rings. The molecule has 0 bridgehead atoms. The number of nitro groups is 1. The van der Waals surface area contributed by atoms with Crippen molar-refractivity contribution in [1.82, 2.24) is 4.90 Å². The molecule has 1 aliphatic rings. The Labute approximate surface area is 135 Å². The number of nitrogens with zero attached hydrogens (tertiary/aromatic N) is 2. The molecule has 1 aromatic rings. The maximum absolute atomic E-state index is 12.2. The van der Waals surface area contributed by atoms with Crippen LogP contribution in [0.1, 0.15) is 6.92 Å². The van der Waals surface area contributed by atoms with Gasteiger partial charge in [-0.3, -0.25) is 23.9 Å². The highest BCUT2D eigenvalue weighted by atomic mass is 32.2. The van der Waals surface area contributed by atoms with Crippen LogP contribution in [0.3, 0.4) is 0 Å². The topological polar surface area (TPSA) is 110 Å². The number of nitro benzene ring substituents is 1. The molecule has 0 aliphatic carbocycles. The summed E-state index contributed by atoms with van der Waals surface area (Å²) < 4.78 is 11.6. The first-order chi connectivity index (χ1) is 10.9. The standard InChI is InChI=1S/C14H17N3O5S/c1-10-8-16(5-6-23(22)9-10)14(19)13(18)15-11-3-2-4-12(7-11)17(20)21/h2-4,7,10H,5-6,8-9H2,1H3,(H,15,18)/t10-,23-/m1/s1. The van der Waals surface area contributed by atoms with Crippen molar-refractivity contribution in [2.45, 2.75) is 6.92 Å². The molecule has 2 atom stereocenters. The van der Waals surface area contributed by atoms with E-state index in [0.29, 0.717) is 18.1 Å². The molecule has 9 heteroatoms. The van der Waals surface area contributed by atoms with Crippen LogP contribution in [0.4, 0.5) is 11.4 Å². The van der Waals surface area contributed by atoms with E-state index < -0.39 is 27.5 Å². The van der Waals surface area contributed by atoms with E-state index in [0.717, 1.165) is 0 Å². The minimum atomic E-state index is -0.985. The number of hydrogen-bond donors (Lipinski definition) is 1. The van der Waals surface area contributed by atoms with E-state index in [1.807, 2.05) is 6.92 Å². The molecule has 0 spiro atoms. The van der Waals surface area contributed by atoms with Gasteiger partial charge in [-0.1, -0.05) is 13.0 Å². The molecular weight excluding hydrogens is 322 g/mol. The zero-order valence-corrected chi connectivity index (χ0v) is 13.4. The molecular formula is C14H17N3O5S. The second kappa shape index (κ2) is 7.32. The average molecular weight is 339 g/mol. The summed E-state index contributed by atoms with van der Waals surface area (Å²) in [5.74, 6) is -0.670. The number of nitrogens with one attached hydrogen (secondary N) is 1. The average Bonchev–Trinajstić information content (AvgIpc) is 2.67. The third kappa shape index (κ3) is 4.59. The lowest BCUT2D eigenvalue weighted by atomic mass is 10.2. The van der Waals surface area contributed by atoms with E-state index in [4.69, 9.17) is 0 Å². The second-order valence-corrected chi connectivity index (χ2v) is 7.05. The fraction of sp³-hybridized carbons (Fsp3) is 0.429. The predicted molar refractivity (Wildman–Crippen MR) is 85.3 cm³/mol. The minimum Gasteiger partial charge on any atom is -0.333 e. The molecule has 0 saturated carbocycles. The third-order valence-corrected chi connectivity index (χ3v) is 4.97. The zero-order chi connectivity index (χ0) is 17.0. The number of hydrogen-bond acceptors (Lipinski definition) is 5. The monoisotopic (exact) mass is 339 g/mol. The Morgan fingerprint density at radius 3 is 2.87 bits per heavy atom. The van der Waals surface area contributed by atoms with Gasteiger partial charge < -0.3 is 10.2 Å². The third-order valence-electron chi connectivity index (χ3n) is 3.39. The predicted octanol–water partition coefficient (Wildman–Crippen LogP) is 0.760. The Hall–Kier alpha value is -2.29. The second-order valence-electron chi connectivity index (χ2n) is 5.43. The highest BCUT2D eigenvalue weighted by Gasteiger charge is 2.27. The highest BCUT2D eigenvalue weighted by molar-refractivity contribution is 7.85. The first-order valence-electron chi connectivity index (χ1n) is 7.06. The van der Waals surface area contributed by atoms with Gasteiger partial charge in [0, 0.05) is 53.2 Å².